The summed E-state index contributed by atoms with van der Waals surface area (Å²) < 4.78 is 5.31. The molecule has 2 heterocycles. The standard InChI is InChI=1S/C18H19N3O3/c1-12-7-8-19-16(9-12)20-18(23)13-10-17(22)21(11-13)14-5-3-4-6-15(14)24-2/h3-9,13H,10-11H2,1-2H3,(H,19,20,23). The zero-order valence-electron chi connectivity index (χ0n) is 13.7. The van der Waals surface area contributed by atoms with E-state index in [-0.39, 0.29) is 18.2 Å². The third kappa shape index (κ3) is 3.22. The van der Waals surface area contributed by atoms with Crippen molar-refractivity contribution < 1.29 is 14.3 Å². The molecule has 1 fully saturated rings. The summed E-state index contributed by atoms with van der Waals surface area (Å²) in [6, 6.07) is 11.0. The zero-order chi connectivity index (χ0) is 17.1. The second-order valence-electron chi connectivity index (χ2n) is 5.78. The largest absolute Gasteiger partial charge is 0.495 e. The normalized spacial score (nSPS) is 17.0. The third-order valence-corrected chi connectivity index (χ3v) is 4.04. The van der Waals surface area contributed by atoms with Gasteiger partial charge in [-0.1, -0.05) is 12.1 Å². The SMILES string of the molecule is COc1ccccc1N1CC(C(=O)Nc2cc(C)ccn2)CC1=O. The molecule has 1 aliphatic heterocycles. The molecule has 6 nitrogen and oxygen atoms in total. The Hall–Kier alpha value is -2.89. The fourth-order valence-corrected chi connectivity index (χ4v) is 2.80. The summed E-state index contributed by atoms with van der Waals surface area (Å²) in [5.41, 5.74) is 1.70. The van der Waals surface area contributed by atoms with Crippen LogP contribution in [-0.4, -0.2) is 30.5 Å². The number of carbonyl (C=O) groups excluding carboxylic acids is 2. The van der Waals surface area contributed by atoms with Gasteiger partial charge in [0.1, 0.15) is 11.6 Å². The fourth-order valence-electron chi connectivity index (χ4n) is 2.80. The topological polar surface area (TPSA) is 71.5 Å². The van der Waals surface area contributed by atoms with E-state index in [9.17, 15) is 9.59 Å². The van der Waals surface area contributed by atoms with Gasteiger partial charge in [-0.25, -0.2) is 4.98 Å². The van der Waals surface area contributed by atoms with E-state index in [2.05, 4.69) is 10.3 Å². The molecule has 1 unspecified atom stereocenters. The summed E-state index contributed by atoms with van der Waals surface area (Å²) in [4.78, 5) is 30.5. The van der Waals surface area contributed by atoms with Crippen molar-refractivity contribution in [2.45, 2.75) is 13.3 Å². The Bertz CT molecular complexity index is 776. The molecule has 1 aromatic heterocycles. The van der Waals surface area contributed by atoms with E-state index in [4.69, 9.17) is 4.74 Å². The van der Waals surface area contributed by atoms with Crippen LogP contribution in [0.4, 0.5) is 11.5 Å². The lowest BCUT2D eigenvalue weighted by atomic mass is 10.1. The monoisotopic (exact) mass is 325 g/mol. The Morgan fingerprint density at radius 3 is 2.88 bits per heavy atom. The summed E-state index contributed by atoms with van der Waals surface area (Å²) in [5.74, 6) is 0.427. The van der Waals surface area contributed by atoms with Crippen LogP contribution in [0.15, 0.2) is 42.6 Å². The summed E-state index contributed by atoms with van der Waals surface area (Å²) in [7, 11) is 1.56. The molecular formula is C18H19N3O3. The Morgan fingerprint density at radius 2 is 2.12 bits per heavy atom. The van der Waals surface area contributed by atoms with Crippen LogP contribution < -0.4 is 15.0 Å². The maximum Gasteiger partial charge on any atom is 0.230 e. The molecule has 1 N–H and O–H groups in total. The van der Waals surface area contributed by atoms with Crippen LogP contribution >= 0.6 is 0 Å². The number of amides is 2. The van der Waals surface area contributed by atoms with Gasteiger partial charge in [-0.2, -0.15) is 0 Å². The summed E-state index contributed by atoms with van der Waals surface area (Å²) in [5, 5.41) is 2.79. The molecule has 1 saturated heterocycles. The lowest BCUT2D eigenvalue weighted by Crippen LogP contribution is -2.28. The Kier molecular flexibility index (Phi) is 4.46. The first-order valence-corrected chi connectivity index (χ1v) is 7.75. The highest BCUT2D eigenvalue weighted by Gasteiger charge is 2.36. The van der Waals surface area contributed by atoms with E-state index >= 15 is 0 Å². The highest BCUT2D eigenvalue weighted by atomic mass is 16.5. The van der Waals surface area contributed by atoms with Crippen molar-refractivity contribution in [3.63, 3.8) is 0 Å². The van der Waals surface area contributed by atoms with E-state index in [1.807, 2.05) is 31.2 Å². The molecule has 1 atom stereocenters. The average Bonchev–Trinajstić information content (AvgIpc) is 2.96. The van der Waals surface area contributed by atoms with Gasteiger partial charge in [-0.15, -0.1) is 0 Å². The molecule has 6 heteroatoms. The molecule has 1 aliphatic rings. The number of nitrogens with one attached hydrogen (secondary N) is 1. The summed E-state index contributed by atoms with van der Waals surface area (Å²) in [6.45, 7) is 2.26. The van der Waals surface area contributed by atoms with Crippen LogP contribution in [0.25, 0.3) is 0 Å². The van der Waals surface area contributed by atoms with Crippen LogP contribution in [0.3, 0.4) is 0 Å². The number of hydrogen-bond acceptors (Lipinski definition) is 4. The van der Waals surface area contributed by atoms with E-state index in [0.29, 0.717) is 23.8 Å². The zero-order valence-corrected chi connectivity index (χ0v) is 13.7. The van der Waals surface area contributed by atoms with Gasteiger partial charge in [-0.05, 0) is 36.8 Å². The number of para-hydroxylation sites is 2. The number of pyridine rings is 1. The molecular weight excluding hydrogens is 306 g/mol. The lowest BCUT2D eigenvalue weighted by Gasteiger charge is -2.19. The first kappa shape index (κ1) is 16.0. The van der Waals surface area contributed by atoms with Gasteiger partial charge in [0.2, 0.25) is 11.8 Å². The predicted octanol–water partition coefficient (Wildman–Crippen LogP) is 2.39. The molecule has 0 aliphatic carbocycles. The van der Waals surface area contributed by atoms with Crippen LogP contribution in [0.2, 0.25) is 0 Å². The van der Waals surface area contributed by atoms with Crippen molar-refractivity contribution in [3.8, 4) is 5.75 Å². The first-order valence-electron chi connectivity index (χ1n) is 7.75. The molecule has 3 rings (SSSR count). The van der Waals surface area contributed by atoms with Crippen molar-refractivity contribution in [1.82, 2.24) is 4.98 Å². The molecule has 2 amide bonds. The minimum atomic E-state index is -0.412. The average molecular weight is 325 g/mol. The summed E-state index contributed by atoms with van der Waals surface area (Å²) in [6.07, 6.45) is 1.82. The molecule has 0 bridgehead atoms. The minimum absolute atomic E-state index is 0.0862. The first-order chi connectivity index (χ1) is 11.6. The number of ether oxygens (including phenoxy) is 1. The van der Waals surface area contributed by atoms with Crippen LogP contribution in [-0.2, 0) is 9.59 Å². The van der Waals surface area contributed by atoms with Crippen molar-refractivity contribution in [2.24, 2.45) is 5.92 Å². The second kappa shape index (κ2) is 6.70. The third-order valence-electron chi connectivity index (χ3n) is 4.04. The number of rotatable bonds is 4. The van der Waals surface area contributed by atoms with Crippen molar-refractivity contribution >= 4 is 23.3 Å². The number of carbonyl (C=O) groups is 2. The van der Waals surface area contributed by atoms with Crippen molar-refractivity contribution in [3.05, 3.63) is 48.2 Å². The molecule has 1 aromatic carbocycles. The number of aromatic nitrogens is 1. The van der Waals surface area contributed by atoms with Gasteiger partial charge in [0.15, 0.2) is 0 Å². The van der Waals surface area contributed by atoms with Gasteiger partial charge in [0.25, 0.3) is 0 Å². The Balaban J connectivity index is 1.73. The number of nitrogens with zero attached hydrogens (tertiary/aromatic N) is 2. The highest BCUT2D eigenvalue weighted by molar-refractivity contribution is 6.04. The minimum Gasteiger partial charge on any atom is -0.495 e. The van der Waals surface area contributed by atoms with Crippen molar-refractivity contribution in [1.29, 1.82) is 0 Å². The van der Waals surface area contributed by atoms with E-state index < -0.39 is 5.92 Å². The molecule has 24 heavy (non-hydrogen) atoms. The molecule has 2 aromatic rings. The van der Waals surface area contributed by atoms with Gasteiger partial charge in [0, 0.05) is 19.2 Å². The van der Waals surface area contributed by atoms with E-state index in [0.717, 1.165) is 5.56 Å². The van der Waals surface area contributed by atoms with Crippen molar-refractivity contribution in [2.75, 3.05) is 23.9 Å². The smallest absolute Gasteiger partial charge is 0.230 e. The number of benzene rings is 1. The number of methoxy groups -OCH3 is 1. The van der Waals surface area contributed by atoms with Gasteiger partial charge in [-0.3, -0.25) is 9.59 Å². The molecule has 0 saturated carbocycles. The van der Waals surface area contributed by atoms with Crippen LogP contribution in [0, 0.1) is 12.8 Å². The summed E-state index contributed by atoms with van der Waals surface area (Å²) >= 11 is 0. The highest BCUT2D eigenvalue weighted by Crippen LogP contribution is 2.33. The van der Waals surface area contributed by atoms with E-state index in [1.54, 1.807) is 30.3 Å². The molecule has 0 spiro atoms. The lowest BCUT2D eigenvalue weighted by molar-refractivity contribution is -0.122. The van der Waals surface area contributed by atoms with Crippen LogP contribution in [0.1, 0.15) is 12.0 Å². The maximum absolute atomic E-state index is 12.4. The number of anilines is 2. The fraction of sp³-hybridized carbons (Fsp3) is 0.278. The Morgan fingerprint density at radius 1 is 1.33 bits per heavy atom. The Labute approximate surface area is 140 Å². The van der Waals surface area contributed by atoms with E-state index in [1.165, 1.54) is 0 Å². The second-order valence-corrected chi connectivity index (χ2v) is 5.78. The maximum atomic E-state index is 12.4. The van der Waals surface area contributed by atoms with Gasteiger partial charge in [0.05, 0.1) is 18.7 Å². The van der Waals surface area contributed by atoms with Gasteiger partial charge >= 0.3 is 0 Å². The molecule has 0 radical (unpaired) electrons. The molecule has 124 valence electrons. The van der Waals surface area contributed by atoms with Crippen LogP contribution in [0.5, 0.6) is 5.75 Å². The number of hydrogen-bond donors (Lipinski definition) is 1. The predicted molar refractivity (Wildman–Crippen MR) is 91.1 cm³/mol. The van der Waals surface area contributed by atoms with Gasteiger partial charge < -0.3 is 15.0 Å². The quantitative estimate of drug-likeness (QED) is 0.937. The number of aryl methyl sites for hydroxylation is 1.